The fourth-order valence-electron chi connectivity index (χ4n) is 8.91. The monoisotopic (exact) mass is 846 g/mol. The van der Waals surface area contributed by atoms with E-state index in [2.05, 4.69) is 17.1 Å². The van der Waals surface area contributed by atoms with Crippen molar-refractivity contribution in [3.8, 4) is 0 Å². The van der Waals surface area contributed by atoms with Crippen molar-refractivity contribution in [3.05, 3.63) is 58.1 Å². The Balaban J connectivity index is 1.04. The molecule has 0 radical (unpaired) electrons. The Morgan fingerprint density at radius 3 is 2.29 bits per heavy atom. The summed E-state index contributed by atoms with van der Waals surface area (Å²) in [6.07, 6.45) is 2.11. The van der Waals surface area contributed by atoms with Crippen LogP contribution in [0.5, 0.6) is 0 Å². The lowest BCUT2D eigenvalue weighted by Crippen LogP contribution is -2.53. The maximum absolute atomic E-state index is 14.2. The Kier molecular flexibility index (Phi) is 15.3. The average molecular weight is 847 g/mol. The Bertz CT molecular complexity index is 1780. The molecule has 2 aromatic carbocycles. The summed E-state index contributed by atoms with van der Waals surface area (Å²) >= 11 is 6.15. The zero-order valence-corrected chi connectivity index (χ0v) is 34.7. The number of carbonyl (C=O) groups excluding carboxylic acids is 4. The second kappa shape index (κ2) is 20.3. The number of halogens is 4. The van der Waals surface area contributed by atoms with Gasteiger partial charge in [0.15, 0.2) is 6.10 Å². The fourth-order valence-corrected chi connectivity index (χ4v) is 9.15. The van der Waals surface area contributed by atoms with Gasteiger partial charge in [-0.2, -0.15) is 13.2 Å². The van der Waals surface area contributed by atoms with Gasteiger partial charge in [-0.1, -0.05) is 49.6 Å². The molecule has 0 aromatic heterocycles. The third-order valence-electron chi connectivity index (χ3n) is 12.4. The van der Waals surface area contributed by atoms with Crippen LogP contribution in [0.15, 0.2) is 36.4 Å². The summed E-state index contributed by atoms with van der Waals surface area (Å²) in [4.78, 5) is 60.6. The van der Waals surface area contributed by atoms with Gasteiger partial charge in [-0.15, -0.1) is 0 Å². The largest absolute Gasteiger partial charge is 0.466 e. The molecule has 324 valence electrons. The van der Waals surface area contributed by atoms with Crippen LogP contribution in [0.2, 0.25) is 5.02 Å². The molecule has 59 heavy (non-hydrogen) atoms. The third kappa shape index (κ3) is 11.7. The molecule has 1 atom stereocenters. The van der Waals surface area contributed by atoms with E-state index in [4.69, 9.17) is 26.8 Å². The van der Waals surface area contributed by atoms with E-state index in [0.717, 1.165) is 68.9 Å². The highest BCUT2D eigenvalue weighted by Crippen LogP contribution is 2.38. The molecule has 0 aliphatic carbocycles. The molecule has 0 saturated carbocycles. The molecule has 16 heteroatoms. The summed E-state index contributed by atoms with van der Waals surface area (Å²) < 4.78 is 53.0. The molecule has 0 spiro atoms. The topological polar surface area (TPSA) is 138 Å². The van der Waals surface area contributed by atoms with Crippen LogP contribution >= 0.6 is 11.6 Å². The van der Waals surface area contributed by atoms with Crippen LogP contribution in [0.4, 0.5) is 34.1 Å². The van der Waals surface area contributed by atoms with Crippen molar-refractivity contribution >= 4 is 47.0 Å². The minimum Gasteiger partial charge on any atom is -0.466 e. The smallest absolute Gasteiger partial charge is 0.418 e. The summed E-state index contributed by atoms with van der Waals surface area (Å²) in [5.41, 5.74) is 5.87. The average Bonchev–Trinajstić information content (AvgIpc) is 3.40. The number of benzene rings is 2. The van der Waals surface area contributed by atoms with Gasteiger partial charge in [0.25, 0.3) is 5.91 Å². The molecule has 4 heterocycles. The molecule has 4 aliphatic rings. The second-order valence-corrected chi connectivity index (χ2v) is 16.8. The van der Waals surface area contributed by atoms with Gasteiger partial charge < -0.3 is 40.1 Å². The van der Waals surface area contributed by atoms with Crippen molar-refractivity contribution in [2.75, 3.05) is 63.5 Å². The first-order valence-corrected chi connectivity index (χ1v) is 21.6. The number of nitrogens with one attached hydrogen (secondary N) is 1. The predicted molar refractivity (Wildman–Crippen MR) is 219 cm³/mol. The van der Waals surface area contributed by atoms with Gasteiger partial charge in [0.2, 0.25) is 0 Å². The summed E-state index contributed by atoms with van der Waals surface area (Å²) in [7, 11) is 0. The molecular formula is C43H58ClF3N6O6. The van der Waals surface area contributed by atoms with Gasteiger partial charge in [0, 0.05) is 63.3 Å². The highest BCUT2D eigenvalue weighted by molar-refractivity contribution is 6.33. The SMILES string of the molecule is CCCCCOC(=O)CCC1CCN(C2CCN(C(=O)[C@@H](Cc3cc(Cl)c(N)c(C(F)(F)F)c3)OC(=O)N3CCC(N4CCc5ccccc5NC4=O)CC3)CC2)CC1. The zero-order chi connectivity index (χ0) is 42.1. The Morgan fingerprint density at radius 2 is 1.59 bits per heavy atom. The number of amides is 4. The van der Waals surface area contributed by atoms with E-state index in [-0.39, 0.29) is 54.2 Å². The predicted octanol–water partition coefficient (Wildman–Crippen LogP) is 7.76. The van der Waals surface area contributed by atoms with Crippen LogP contribution in [-0.4, -0.2) is 114 Å². The molecule has 0 unspecified atom stereocenters. The zero-order valence-electron chi connectivity index (χ0n) is 34.0. The molecule has 6 rings (SSSR count). The number of anilines is 2. The van der Waals surface area contributed by atoms with Crippen molar-refractivity contribution in [2.45, 2.75) is 115 Å². The maximum Gasteiger partial charge on any atom is 0.418 e. The van der Waals surface area contributed by atoms with Crippen LogP contribution in [0.25, 0.3) is 0 Å². The second-order valence-electron chi connectivity index (χ2n) is 16.4. The van der Waals surface area contributed by atoms with Crippen LogP contribution in [-0.2, 0) is 38.1 Å². The molecule has 3 fully saturated rings. The van der Waals surface area contributed by atoms with E-state index < -0.39 is 35.5 Å². The number of nitrogens with zero attached hydrogens (tertiary/aromatic N) is 4. The number of esters is 1. The molecule has 4 amide bonds. The number of nitrogens with two attached hydrogens (primary N) is 1. The highest BCUT2D eigenvalue weighted by Gasteiger charge is 2.38. The molecule has 3 N–H and O–H groups in total. The number of fused-ring (bicyclic) bond motifs is 1. The molecule has 4 aliphatic heterocycles. The Hall–Kier alpha value is -4.24. The normalized spacial score (nSPS) is 19.5. The van der Waals surface area contributed by atoms with Crippen LogP contribution in [0.1, 0.15) is 94.2 Å². The summed E-state index contributed by atoms with van der Waals surface area (Å²) in [6.45, 7) is 6.31. The summed E-state index contributed by atoms with van der Waals surface area (Å²) in [6, 6.07) is 9.78. The first kappa shape index (κ1) is 44.3. The number of urea groups is 1. The Labute approximate surface area is 349 Å². The standard InChI is InChI=1S/C43H58ClF3N6O6/c1-2-3-6-25-58-38(54)10-9-29-11-18-50(19-12-29)32-14-20-51(21-15-32)40(55)37(28-30-26-34(43(45,46)47)39(48)35(44)27-30)59-42(57)52-22-16-33(17-23-52)53-24-13-31-7-4-5-8-36(31)49-41(53)56/h4-5,7-8,26-27,29,32-33,37H,2-3,6,9-25,28,48H2,1H3,(H,49,56)/t37-/m1/s1. The Morgan fingerprint density at radius 1 is 0.915 bits per heavy atom. The minimum absolute atomic E-state index is 0.0667. The van der Waals surface area contributed by atoms with Gasteiger partial charge in [0.1, 0.15) is 0 Å². The van der Waals surface area contributed by atoms with Crippen molar-refractivity contribution in [2.24, 2.45) is 5.92 Å². The van der Waals surface area contributed by atoms with Crippen molar-refractivity contribution < 1.29 is 41.8 Å². The van der Waals surface area contributed by atoms with E-state index >= 15 is 0 Å². The number of ether oxygens (including phenoxy) is 2. The number of likely N-dealkylation sites (tertiary alicyclic amines) is 3. The van der Waals surface area contributed by atoms with E-state index in [9.17, 15) is 32.3 Å². The number of piperidine rings is 3. The number of unbranched alkanes of at least 4 members (excludes halogenated alkanes) is 2. The summed E-state index contributed by atoms with van der Waals surface area (Å²) in [5, 5.41) is 2.69. The van der Waals surface area contributed by atoms with E-state index in [1.54, 1.807) is 9.80 Å². The number of hydrogen-bond donors (Lipinski definition) is 2. The first-order chi connectivity index (χ1) is 28.3. The molecule has 2 aromatic rings. The molecule has 12 nitrogen and oxygen atoms in total. The fraction of sp³-hybridized carbons (Fsp3) is 0.628. The third-order valence-corrected chi connectivity index (χ3v) is 12.8. The van der Waals surface area contributed by atoms with Gasteiger partial charge >= 0.3 is 24.3 Å². The summed E-state index contributed by atoms with van der Waals surface area (Å²) in [5.74, 6) is -0.141. The lowest BCUT2D eigenvalue weighted by atomic mass is 9.90. The van der Waals surface area contributed by atoms with Gasteiger partial charge in [-0.25, -0.2) is 9.59 Å². The van der Waals surface area contributed by atoms with Gasteiger partial charge in [-0.05, 0) is 106 Å². The quantitative estimate of drug-likeness (QED) is 0.119. The maximum atomic E-state index is 14.2. The van der Waals surface area contributed by atoms with Gasteiger partial charge in [0.05, 0.1) is 22.9 Å². The van der Waals surface area contributed by atoms with E-state index in [1.165, 1.54) is 11.0 Å². The number of rotatable bonds is 13. The van der Waals surface area contributed by atoms with Crippen LogP contribution in [0.3, 0.4) is 0 Å². The lowest BCUT2D eigenvalue weighted by Gasteiger charge is -2.42. The number of alkyl halides is 3. The number of hydrogen-bond acceptors (Lipinski definition) is 8. The first-order valence-electron chi connectivity index (χ1n) is 21.2. The highest BCUT2D eigenvalue weighted by atomic mass is 35.5. The van der Waals surface area contributed by atoms with Crippen LogP contribution in [0, 0.1) is 5.92 Å². The lowest BCUT2D eigenvalue weighted by molar-refractivity contribution is -0.144. The van der Waals surface area contributed by atoms with Crippen molar-refractivity contribution in [1.29, 1.82) is 0 Å². The minimum atomic E-state index is -4.78. The number of nitrogen functional groups attached to an aromatic ring is 1. The molecule has 0 bridgehead atoms. The number of carbonyl (C=O) groups is 4. The van der Waals surface area contributed by atoms with Crippen LogP contribution < -0.4 is 11.1 Å². The molecular weight excluding hydrogens is 789 g/mol. The molecule has 3 saturated heterocycles. The van der Waals surface area contributed by atoms with Crippen molar-refractivity contribution in [3.63, 3.8) is 0 Å². The number of para-hydroxylation sites is 1. The van der Waals surface area contributed by atoms with E-state index in [1.807, 2.05) is 24.3 Å². The van der Waals surface area contributed by atoms with E-state index in [0.29, 0.717) is 70.7 Å². The van der Waals surface area contributed by atoms with Gasteiger partial charge in [-0.3, -0.25) is 9.59 Å². The van der Waals surface area contributed by atoms with Crippen molar-refractivity contribution in [1.82, 2.24) is 19.6 Å².